The van der Waals surface area contributed by atoms with Crippen LogP contribution in [0, 0.1) is 16.0 Å². The molecule has 0 aliphatic rings. The highest BCUT2D eigenvalue weighted by Crippen LogP contribution is 2.24. The SMILES string of the molecule is CC(C)C(C)(O)Cn1cc(Cl)c([N+](=O)[O-])n1. The van der Waals surface area contributed by atoms with Crippen LogP contribution >= 0.6 is 11.6 Å². The summed E-state index contributed by atoms with van der Waals surface area (Å²) in [6, 6.07) is 0. The van der Waals surface area contributed by atoms with Gasteiger partial charge in [-0.2, -0.15) is 4.68 Å². The molecule has 0 fully saturated rings. The van der Waals surface area contributed by atoms with Gasteiger partial charge in [-0.15, -0.1) is 0 Å². The van der Waals surface area contributed by atoms with Gasteiger partial charge in [-0.05, 0) is 17.8 Å². The Morgan fingerprint density at radius 2 is 2.31 bits per heavy atom. The lowest BCUT2D eigenvalue weighted by Crippen LogP contribution is -2.36. The summed E-state index contributed by atoms with van der Waals surface area (Å²) in [5, 5.41) is 24.2. The van der Waals surface area contributed by atoms with Crippen molar-refractivity contribution in [1.82, 2.24) is 9.78 Å². The second-order valence-corrected chi connectivity index (χ2v) is 4.67. The first-order valence-corrected chi connectivity index (χ1v) is 5.21. The normalized spacial score (nSPS) is 15.1. The van der Waals surface area contributed by atoms with E-state index >= 15 is 0 Å². The van der Waals surface area contributed by atoms with E-state index in [1.807, 2.05) is 13.8 Å². The van der Waals surface area contributed by atoms with Gasteiger partial charge in [-0.25, -0.2) is 0 Å². The van der Waals surface area contributed by atoms with Crippen LogP contribution in [0.5, 0.6) is 0 Å². The fourth-order valence-corrected chi connectivity index (χ4v) is 1.32. The molecule has 1 unspecified atom stereocenters. The third-order valence-electron chi connectivity index (χ3n) is 2.60. The van der Waals surface area contributed by atoms with Gasteiger partial charge in [-0.3, -0.25) is 0 Å². The molecule has 0 amide bonds. The highest BCUT2D eigenvalue weighted by atomic mass is 35.5. The third kappa shape index (κ3) is 2.70. The van der Waals surface area contributed by atoms with E-state index < -0.39 is 10.5 Å². The van der Waals surface area contributed by atoms with E-state index in [1.54, 1.807) is 6.92 Å². The molecule has 1 heterocycles. The molecule has 0 aliphatic carbocycles. The van der Waals surface area contributed by atoms with Crippen molar-refractivity contribution in [2.24, 2.45) is 5.92 Å². The Morgan fingerprint density at radius 3 is 2.69 bits per heavy atom. The summed E-state index contributed by atoms with van der Waals surface area (Å²) in [6.45, 7) is 5.54. The van der Waals surface area contributed by atoms with Crippen molar-refractivity contribution in [3.63, 3.8) is 0 Å². The van der Waals surface area contributed by atoms with Crippen molar-refractivity contribution in [3.8, 4) is 0 Å². The van der Waals surface area contributed by atoms with E-state index in [0.717, 1.165) is 0 Å². The molecule has 6 nitrogen and oxygen atoms in total. The average molecular weight is 248 g/mol. The molecule has 1 rings (SSSR count). The molecule has 16 heavy (non-hydrogen) atoms. The summed E-state index contributed by atoms with van der Waals surface area (Å²) in [5.41, 5.74) is -0.983. The molecule has 0 aliphatic heterocycles. The Hall–Kier alpha value is -1.14. The van der Waals surface area contributed by atoms with E-state index in [1.165, 1.54) is 10.9 Å². The Morgan fingerprint density at radius 1 is 1.75 bits per heavy atom. The Balaban J connectivity index is 2.91. The van der Waals surface area contributed by atoms with E-state index in [9.17, 15) is 15.2 Å². The predicted molar refractivity (Wildman–Crippen MR) is 59.4 cm³/mol. The summed E-state index contributed by atoms with van der Waals surface area (Å²) in [6.07, 6.45) is 1.34. The quantitative estimate of drug-likeness (QED) is 0.650. The van der Waals surface area contributed by atoms with Crippen LogP contribution in [-0.4, -0.2) is 25.4 Å². The van der Waals surface area contributed by atoms with Gasteiger partial charge < -0.3 is 15.2 Å². The minimum Gasteiger partial charge on any atom is -0.388 e. The molecule has 0 bridgehead atoms. The van der Waals surface area contributed by atoms with Crippen molar-refractivity contribution >= 4 is 17.4 Å². The van der Waals surface area contributed by atoms with Gasteiger partial charge in [0.25, 0.3) is 0 Å². The second kappa shape index (κ2) is 4.39. The maximum atomic E-state index is 10.5. The largest absolute Gasteiger partial charge is 0.408 e. The molecule has 1 aromatic rings. The number of nitro groups is 1. The van der Waals surface area contributed by atoms with Crippen LogP contribution in [0.3, 0.4) is 0 Å². The van der Waals surface area contributed by atoms with Crippen LogP contribution in [0.15, 0.2) is 6.20 Å². The topological polar surface area (TPSA) is 81.2 Å². The lowest BCUT2D eigenvalue weighted by atomic mass is 9.93. The van der Waals surface area contributed by atoms with Gasteiger partial charge >= 0.3 is 5.82 Å². The van der Waals surface area contributed by atoms with Gasteiger partial charge in [0.2, 0.25) is 0 Å². The molecular formula is C9H14ClN3O3. The monoisotopic (exact) mass is 247 g/mol. The molecule has 0 radical (unpaired) electrons. The first-order valence-electron chi connectivity index (χ1n) is 4.83. The Bertz CT molecular complexity index is 401. The first kappa shape index (κ1) is 12.9. The van der Waals surface area contributed by atoms with Crippen molar-refractivity contribution in [1.29, 1.82) is 0 Å². The van der Waals surface area contributed by atoms with Crippen LogP contribution < -0.4 is 0 Å². The third-order valence-corrected chi connectivity index (χ3v) is 2.86. The van der Waals surface area contributed by atoms with Crippen molar-refractivity contribution in [2.45, 2.75) is 32.9 Å². The number of hydrogen-bond donors (Lipinski definition) is 1. The highest BCUT2D eigenvalue weighted by Gasteiger charge is 2.29. The summed E-state index contributed by atoms with van der Waals surface area (Å²) < 4.78 is 1.29. The van der Waals surface area contributed by atoms with E-state index in [-0.39, 0.29) is 23.3 Å². The number of aromatic nitrogens is 2. The van der Waals surface area contributed by atoms with Crippen LogP contribution in [0.25, 0.3) is 0 Å². The highest BCUT2D eigenvalue weighted by molar-refractivity contribution is 6.32. The van der Waals surface area contributed by atoms with Gasteiger partial charge in [0.05, 0.1) is 23.4 Å². The number of halogens is 1. The standard InChI is InChI=1S/C9H14ClN3O3/c1-6(2)9(3,14)5-12-4-7(10)8(11-12)13(15)16/h4,6,14H,5H2,1-3H3. The summed E-state index contributed by atoms with van der Waals surface area (Å²) in [5.74, 6) is -0.379. The average Bonchev–Trinajstić information content (AvgIpc) is 2.45. The number of rotatable bonds is 4. The zero-order valence-electron chi connectivity index (χ0n) is 9.35. The molecule has 90 valence electrons. The van der Waals surface area contributed by atoms with Crippen molar-refractivity contribution in [2.75, 3.05) is 0 Å². The Labute approximate surface area is 98.0 Å². The van der Waals surface area contributed by atoms with Crippen LogP contribution in [0.2, 0.25) is 5.02 Å². The van der Waals surface area contributed by atoms with Gasteiger partial charge in [-0.1, -0.05) is 25.4 Å². The smallest absolute Gasteiger partial charge is 0.388 e. The fraction of sp³-hybridized carbons (Fsp3) is 0.667. The number of hydrogen-bond acceptors (Lipinski definition) is 4. The first-order chi connectivity index (χ1) is 7.24. The van der Waals surface area contributed by atoms with Crippen LogP contribution in [0.4, 0.5) is 5.82 Å². The number of nitrogens with zero attached hydrogens (tertiary/aromatic N) is 3. The molecule has 1 atom stereocenters. The molecule has 0 saturated heterocycles. The number of aliphatic hydroxyl groups is 1. The molecule has 0 spiro atoms. The minimum absolute atomic E-state index is 0.00883. The maximum absolute atomic E-state index is 10.5. The summed E-state index contributed by atoms with van der Waals surface area (Å²) in [4.78, 5) is 9.87. The summed E-state index contributed by atoms with van der Waals surface area (Å²) >= 11 is 5.64. The second-order valence-electron chi connectivity index (χ2n) is 4.27. The zero-order valence-corrected chi connectivity index (χ0v) is 10.1. The molecule has 7 heteroatoms. The lowest BCUT2D eigenvalue weighted by molar-refractivity contribution is -0.389. The molecular weight excluding hydrogens is 234 g/mol. The lowest BCUT2D eigenvalue weighted by Gasteiger charge is -2.26. The molecule has 0 saturated carbocycles. The molecule has 1 N–H and O–H groups in total. The maximum Gasteiger partial charge on any atom is 0.408 e. The van der Waals surface area contributed by atoms with E-state index in [0.29, 0.717) is 0 Å². The van der Waals surface area contributed by atoms with Gasteiger partial charge in [0.1, 0.15) is 0 Å². The van der Waals surface area contributed by atoms with Crippen molar-refractivity contribution < 1.29 is 10.0 Å². The predicted octanol–water partition coefficient (Wildman–Crippen LogP) is 1.85. The fourth-order valence-electron chi connectivity index (χ4n) is 1.10. The molecule has 1 aromatic heterocycles. The van der Waals surface area contributed by atoms with Gasteiger partial charge in [0.15, 0.2) is 5.02 Å². The zero-order chi connectivity index (χ0) is 12.5. The Kier molecular flexibility index (Phi) is 3.54. The van der Waals surface area contributed by atoms with Crippen LogP contribution in [-0.2, 0) is 6.54 Å². The van der Waals surface area contributed by atoms with Crippen molar-refractivity contribution in [3.05, 3.63) is 21.3 Å². The van der Waals surface area contributed by atoms with Crippen LogP contribution in [0.1, 0.15) is 20.8 Å². The van der Waals surface area contributed by atoms with E-state index in [2.05, 4.69) is 5.10 Å². The minimum atomic E-state index is -0.983. The molecule has 0 aromatic carbocycles. The van der Waals surface area contributed by atoms with E-state index in [4.69, 9.17) is 11.6 Å². The summed E-state index contributed by atoms with van der Waals surface area (Å²) in [7, 11) is 0. The van der Waals surface area contributed by atoms with Gasteiger partial charge in [0, 0.05) is 0 Å².